The fourth-order valence-corrected chi connectivity index (χ4v) is 2.58. The largest absolute Gasteiger partial charge is 0.314 e. The van der Waals surface area contributed by atoms with E-state index >= 15 is 0 Å². The Morgan fingerprint density at radius 2 is 1.71 bits per heavy atom. The van der Waals surface area contributed by atoms with Crippen molar-refractivity contribution in [2.24, 2.45) is 11.8 Å². The molecule has 2 unspecified atom stereocenters. The maximum Gasteiger partial charge on any atom is 0.0107 e. The number of nitrogens with one attached hydrogen (secondary N) is 1. The van der Waals surface area contributed by atoms with Gasteiger partial charge < -0.3 is 5.32 Å². The van der Waals surface area contributed by atoms with Gasteiger partial charge in [-0.15, -0.1) is 0 Å². The SMILES string of the molecule is CC(CNC1CC1)C(C)N(CC1CC1)C(C)C. The van der Waals surface area contributed by atoms with E-state index in [4.69, 9.17) is 0 Å². The molecule has 1 N–H and O–H groups in total. The van der Waals surface area contributed by atoms with Gasteiger partial charge >= 0.3 is 0 Å². The number of hydrogen-bond acceptors (Lipinski definition) is 2. The van der Waals surface area contributed by atoms with Crippen LogP contribution in [0, 0.1) is 11.8 Å². The van der Waals surface area contributed by atoms with E-state index in [1.165, 1.54) is 38.8 Å². The smallest absolute Gasteiger partial charge is 0.0107 e. The second kappa shape index (κ2) is 5.71. The molecule has 0 spiro atoms. The first-order valence-electron chi connectivity index (χ1n) is 7.57. The molecule has 17 heavy (non-hydrogen) atoms. The highest BCUT2D eigenvalue weighted by Gasteiger charge is 2.30. The Morgan fingerprint density at radius 3 is 2.18 bits per heavy atom. The third kappa shape index (κ3) is 4.26. The summed E-state index contributed by atoms with van der Waals surface area (Å²) in [6.07, 6.45) is 5.73. The minimum Gasteiger partial charge on any atom is -0.314 e. The molecule has 2 aliphatic carbocycles. The molecule has 2 heteroatoms. The summed E-state index contributed by atoms with van der Waals surface area (Å²) in [5, 5.41) is 3.67. The van der Waals surface area contributed by atoms with Gasteiger partial charge in [0.15, 0.2) is 0 Å². The van der Waals surface area contributed by atoms with Crippen molar-refractivity contribution in [2.45, 2.75) is 71.5 Å². The molecule has 0 bridgehead atoms. The first kappa shape index (κ1) is 13.4. The average Bonchev–Trinajstić information content (AvgIpc) is 3.15. The van der Waals surface area contributed by atoms with Crippen LogP contribution in [0.1, 0.15) is 53.4 Å². The van der Waals surface area contributed by atoms with Crippen LogP contribution in [-0.2, 0) is 0 Å². The van der Waals surface area contributed by atoms with Gasteiger partial charge in [-0.1, -0.05) is 6.92 Å². The van der Waals surface area contributed by atoms with E-state index < -0.39 is 0 Å². The van der Waals surface area contributed by atoms with Crippen LogP contribution in [-0.4, -0.2) is 36.1 Å². The first-order valence-corrected chi connectivity index (χ1v) is 7.57. The van der Waals surface area contributed by atoms with E-state index in [-0.39, 0.29) is 0 Å². The molecule has 0 aromatic heterocycles. The Balaban J connectivity index is 1.77. The highest BCUT2D eigenvalue weighted by molar-refractivity contribution is 4.86. The van der Waals surface area contributed by atoms with E-state index in [0.717, 1.165) is 17.9 Å². The number of hydrogen-bond donors (Lipinski definition) is 1. The van der Waals surface area contributed by atoms with E-state index in [0.29, 0.717) is 12.1 Å². The third-order valence-corrected chi connectivity index (χ3v) is 4.48. The quantitative estimate of drug-likeness (QED) is 0.699. The molecule has 100 valence electrons. The molecule has 0 aromatic rings. The predicted molar refractivity (Wildman–Crippen MR) is 74.2 cm³/mol. The molecule has 0 radical (unpaired) electrons. The van der Waals surface area contributed by atoms with E-state index in [1.54, 1.807) is 0 Å². The van der Waals surface area contributed by atoms with Crippen molar-refractivity contribution in [3.63, 3.8) is 0 Å². The van der Waals surface area contributed by atoms with Crippen molar-refractivity contribution in [3.05, 3.63) is 0 Å². The summed E-state index contributed by atoms with van der Waals surface area (Å²) in [7, 11) is 0. The molecule has 2 atom stereocenters. The van der Waals surface area contributed by atoms with Gasteiger partial charge in [0.25, 0.3) is 0 Å². The molecule has 2 saturated carbocycles. The average molecular weight is 238 g/mol. The lowest BCUT2D eigenvalue weighted by Gasteiger charge is -2.36. The fraction of sp³-hybridized carbons (Fsp3) is 1.00. The Bertz CT molecular complexity index is 231. The summed E-state index contributed by atoms with van der Waals surface area (Å²) in [5.41, 5.74) is 0. The molecule has 2 rings (SSSR count). The molecule has 2 aliphatic rings. The standard InChI is InChI=1S/C15H30N2/c1-11(2)17(10-14-5-6-14)13(4)12(3)9-16-15-7-8-15/h11-16H,5-10H2,1-4H3. The summed E-state index contributed by atoms with van der Waals surface area (Å²) in [6, 6.07) is 2.25. The second-order valence-electron chi connectivity index (χ2n) is 6.63. The number of rotatable bonds is 8. The molecule has 0 aliphatic heterocycles. The second-order valence-corrected chi connectivity index (χ2v) is 6.63. The van der Waals surface area contributed by atoms with Gasteiger partial charge in [-0.25, -0.2) is 0 Å². The zero-order valence-corrected chi connectivity index (χ0v) is 12.1. The Morgan fingerprint density at radius 1 is 1.06 bits per heavy atom. The molecule has 0 saturated heterocycles. The fourth-order valence-electron chi connectivity index (χ4n) is 2.58. The van der Waals surface area contributed by atoms with Crippen LogP contribution in [0.25, 0.3) is 0 Å². The summed E-state index contributed by atoms with van der Waals surface area (Å²) < 4.78 is 0. The molecule has 0 heterocycles. The van der Waals surface area contributed by atoms with Gasteiger partial charge in [-0.05, 0) is 64.8 Å². The Kier molecular flexibility index (Phi) is 4.48. The van der Waals surface area contributed by atoms with Crippen molar-refractivity contribution in [3.8, 4) is 0 Å². The summed E-state index contributed by atoms with van der Waals surface area (Å²) >= 11 is 0. The van der Waals surface area contributed by atoms with E-state index in [9.17, 15) is 0 Å². The summed E-state index contributed by atoms with van der Waals surface area (Å²) in [4.78, 5) is 2.72. The molecular weight excluding hydrogens is 208 g/mol. The van der Waals surface area contributed by atoms with Gasteiger partial charge in [0.1, 0.15) is 0 Å². The van der Waals surface area contributed by atoms with Crippen LogP contribution < -0.4 is 5.32 Å². The van der Waals surface area contributed by atoms with Crippen molar-refractivity contribution in [2.75, 3.05) is 13.1 Å². The normalized spacial score (nSPS) is 24.4. The molecule has 0 aromatic carbocycles. The zero-order chi connectivity index (χ0) is 12.4. The summed E-state index contributed by atoms with van der Waals surface area (Å²) in [6.45, 7) is 12.0. The summed E-state index contributed by atoms with van der Waals surface area (Å²) in [5.74, 6) is 1.76. The van der Waals surface area contributed by atoms with E-state index in [2.05, 4.69) is 37.9 Å². The first-order chi connectivity index (χ1) is 8.08. The zero-order valence-electron chi connectivity index (χ0n) is 12.1. The van der Waals surface area contributed by atoms with Crippen LogP contribution in [0.2, 0.25) is 0 Å². The van der Waals surface area contributed by atoms with Crippen LogP contribution in [0.3, 0.4) is 0 Å². The lowest BCUT2D eigenvalue weighted by Crippen LogP contribution is -2.46. The molecular formula is C15H30N2. The molecule has 2 fully saturated rings. The molecule has 0 amide bonds. The predicted octanol–water partition coefficient (Wildman–Crippen LogP) is 2.88. The van der Waals surface area contributed by atoms with Crippen LogP contribution in [0.5, 0.6) is 0 Å². The Labute approximate surface area is 107 Å². The maximum absolute atomic E-state index is 3.67. The van der Waals surface area contributed by atoms with E-state index in [1.807, 2.05) is 0 Å². The van der Waals surface area contributed by atoms with Gasteiger partial charge in [0.2, 0.25) is 0 Å². The Hall–Kier alpha value is -0.0800. The minimum atomic E-state index is 0.689. The van der Waals surface area contributed by atoms with Gasteiger partial charge in [-0.3, -0.25) is 4.90 Å². The number of nitrogens with zero attached hydrogens (tertiary/aromatic N) is 1. The lowest BCUT2D eigenvalue weighted by atomic mass is 10.00. The van der Waals surface area contributed by atoms with Crippen LogP contribution in [0.4, 0.5) is 0 Å². The topological polar surface area (TPSA) is 15.3 Å². The van der Waals surface area contributed by atoms with Gasteiger partial charge in [0.05, 0.1) is 0 Å². The van der Waals surface area contributed by atoms with Crippen molar-refractivity contribution >= 4 is 0 Å². The lowest BCUT2D eigenvalue weighted by molar-refractivity contribution is 0.117. The van der Waals surface area contributed by atoms with Gasteiger partial charge in [-0.2, -0.15) is 0 Å². The van der Waals surface area contributed by atoms with Crippen molar-refractivity contribution in [1.82, 2.24) is 10.2 Å². The maximum atomic E-state index is 3.67. The van der Waals surface area contributed by atoms with Crippen molar-refractivity contribution in [1.29, 1.82) is 0 Å². The third-order valence-electron chi connectivity index (χ3n) is 4.48. The monoisotopic (exact) mass is 238 g/mol. The highest BCUT2D eigenvalue weighted by atomic mass is 15.2. The van der Waals surface area contributed by atoms with Crippen LogP contribution >= 0.6 is 0 Å². The highest BCUT2D eigenvalue weighted by Crippen LogP contribution is 2.31. The van der Waals surface area contributed by atoms with Gasteiger partial charge in [0, 0.05) is 24.7 Å². The van der Waals surface area contributed by atoms with Crippen LogP contribution in [0.15, 0.2) is 0 Å². The van der Waals surface area contributed by atoms with Crippen molar-refractivity contribution < 1.29 is 0 Å². The minimum absolute atomic E-state index is 0.689. The molecule has 2 nitrogen and oxygen atoms in total.